The van der Waals surface area contributed by atoms with Gasteiger partial charge in [-0.3, -0.25) is 0 Å². The van der Waals surface area contributed by atoms with Crippen molar-refractivity contribution in [3.05, 3.63) is 124 Å². The number of fused-ring (bicyclic) bond motifs is 1. The number of alkyl halides is 5. The number of aryl methyl sites for hydroxylation is 1. The van der Waals surface area contributed by atoms with Gasteiger partial charge in [0.15, 0.2) is 5.82 Å². The van der Waals surface area contributed by atoms with Crippen LogP contribution in [-0.2, 0) is 6.11 Å². The number of hydrogen-bond donors (Lipinski definition) is 0. The third kappa shape index (κ3) is 6.43. The fraction of sp³-hybridized carbons (Fsp3) is 0.0909. The Balaban J connectivity index is 1.47. The highest BCUT2D eigenvalue weighted by atomic mass is 19.4. The molecule has 0 aliphatic heterocycles. The van der Waals surface area contributed by atoms with Crippen LogP contribution in [0.25, 0.3) is 33.0 Å². The van der Waals surface area contributed by atoms with E-state index in [0.717, 1.165) is 11.6 Å². The summed E-state index contributed by atoms with van der Waals surface area (Å²) in [5.74, 6) is -9.11. The molecule has 0 aliphatic carbocycles. The lowest BCUT2D eigenvalue weighted by Gasteiger charge is -2.20. The average Bonchev–Trinajstić information content (AvgIpc) is 2.91. The molecule has 45 heavy (non-hydrogen) atoms. The van der Waals surface area contributed by atoms with Gasteiger partial charge in [-0.1, -0.05) is 47.9 Å². The Morgan fingerprint density at radius 3 is 1.80 bits per heavy atom. The molecule has 0 atom stereocenters. The Morgan fingerprint density at radius 2 is 1.20 bits per heavy atom. The van der Waals surface area contributed by atoms with E-state index in [-0.39, 0.29) is 11.6 Å². The van der Waals surface area contributed by atoms with Crippen LogP contribution in [0.5, 0.6) is 5.75 Å². The molecular formula is C33H15F11O. The molecule has 5 rings (SSSR count). The van der Waals surface area contributed by atoms with Gasteiger partial charge in [0.25, 0.3) is 0 Å². The van der Waals surface area contributed by atoms with Gasteiger partial charge in [0.1, 0.15) is 40.4 Å². The summed E-state index contributed by atoms with van der Waals surface area (Å²) in [6.45, 7) is 1.86. The molecule has 0 aromatic heterocycles. The Labute approximate surface area is 247 Å². The normalized spacial score (nSPS) is 11.8. The van der Waals surface area contributed by atoms with Crippen LogP contribution < -0.4 is 4.74 Å². The number of halogens is 11. The van der Waals surface area contributed by atoms with E-state index in [1.165, 1.54) is 18.1 Å². The van der Waals surface area contributed by atoms with E-state index in [1.54, 1.807) is 24.3 Å². The maximum absolute atomic E-state index is 15.0. The first-order valence-corrected chi connectivity index (χ1v) is 12.7. The molecule has 0 saturated heterocycles. The van der Waals surface area contributed by atoms with Crippen molar-refractivity contribution in [1.29, 1.82) is 0 Å². The van der Waals surface area contributed by atoms with E-state index in [0.29, 0.717) is 41.3 Å². The van der Waals surface area contributed by atoms with E-state index >= 15 is 8.78 Å². The van der Waals surface area contributed by atoms with Gasteiger partial charge in [-0.2, -0.15) is 22.0 Å². The van der Waals surface area contributed by atoms with Crippen LogP contribution in [0, 0.1) is 53.7 Å². The molecule has 230 valence electrons. The summed E-state index contributed by atoms with van der Waals surface area (Å²) in [7, 11) is 0. The molecule has 5 aromatic rings. The molecule has 0 aliphatic rings. The minimum atomic E-state index is -5.13. The zero-order chi connectivity index (χ0) is 32.8. The van der Waals surface area contributed by atoms with Crippen LogP contribution in [0.4, 0.5) is 48.3 Å². The van der Waals surface area contributed by atoms with Gasteiger partial charge in [-0.05, 0) is 59.3 Å². The van der Waals surface area contributed by atoms with Crippen molar-refractivity contribution >= 4 is 10.8 Å². The van der Waals surface area contributed by atoms with Crippen LogP contribution in [0.1, 0.15) is 16.7 Å². The maximum atomic E-state index is 15.0. The molecule has 0 N–H and O–H groups in total. The van der Waals surface area contributed by atoms with Crippen molar-refractivity contribution in [1.82, 2.24) is 0 Å². The molecule has 0 saturated carbocycles. The van der Waals surface area contributed by atoms with E-state index in [1.807, 2.05) is 6.92 Å². The summed E-state index contributed by atoms with van der Waals surface area (Å²) in [4.78, 5) is 0. The average molecular weight is 636 g/mol. The highest BCUT2D eigenvalue weighted by Crippen LogP contribution is 2.39. The number of rotatable bonds is 5. The monoisotopic (exact) mass is 636 g/mol. The van der Waals surface area contributed by atoms with Crippen molar-refractivity contribution in [3.8, 4) is 39.8 Å². The van der Waals surface area contributed by atoms with E-state index in [9.17, 15) is 39.5 Å². The fourth-order valence-corrected chi connectivity index (χ4v) is 4.57. The molecule has 0 radical (unpaired) electrons. The molecule has 1 nitrogen and oxygen atoms in total. The van der Waals surface area contributed by atoms with Crippen molar-refractivity contribution < 1.29 is 53.0 Å². The third-order valence-corrected chi connectivity index (χ3v) is 6.63. The molecule has 5 aromatic carbocycles. The molecule has 0 bridgehead atoms. The lowest BCUT2D eigenvalue weighted by Crippen LogP contribution is -2.25. The summed E-state index contributed by atoms with van der Waals surface area (Å²) >= 11 is 0. The Bertz CT molecular complexity index is 2000. The second-order valence-electron chi connectivity index (χ2n) is 9.79. The van der Waals surface area contributed by atoms with Crippen molar-refractivity contribution in [2.24, 2.45) is 0 Å². The quantitative estimate of drug-likeness (QED) is 0.138. The summed E-state index contributed by atoms with van der Waals surface area (Å²) in [5.41, 5.74) is -2.03. The van der Waals surface area contributed by atoms with Crippen molar-refractivity contribution in [3.63, 3.8) is 0 Å². The number of ether oxygens (including phenoxy) is 1. The van der Waals surface area contributed by atoms with Gasteiger partial charge in [0.05, 0.1) is 10.9 Å². The predicted octanol–water partition coefficient (Wildman–Crippen LogP) is 10.4. The summed E-state index contributed by atoms with van der Waals surface area (Å²) in [5, 5.41) is -1.87. The minimum Gasteiger partial charge on any atom is -0.429 e. The van der Waals surface area contributed by atoms with E-state index < -0.39 is 80.4 Å². The second-order valence-corrected chi connectivity index (χ2v) is 9.79. The van der Waals surface area contributed by atoms with Gasteiger partial charge < -0.3 is 4.74 Å². The molecule has 0 amide bonds. The summed E-state index contributed by atoms with van der Waals surface area (Å²) in [6, 6.07) is 12.7. The second kappa shape index (κ2) is 11.5. The summed E-state index contributed by atoms with van der Waals surface area (Å²) < 4.78 is 160. The van der Waals surface area contributed by atoms with Crippen LogP contribution in [0.2, 0.25) is 0 Å². The lowest BCUT2D eigenvalue weighted by atomic mass is 9.98. The van der Waals surface area contributed by atoms with Crippen LogP contribution in [0.15, 0.2) is 72.8 Å². The topological polar surface area (TPSA) is 9.23 Å². The SMILES string of the molecule is Cc1ccc(-c2ccc(-c3cc(F)c(C(F)(F)Oc4cc(F)c5c(F)c(C#CC(F)(F)F)c(F)cc5c4)c(F)c3)c(F)c2)cc1. The van der Waals surface area contributed by atoms with E-state index in [4.69, 9.17) is 0 Å². The summed E-state index contributed by atoms with van der Waals surface area (Å²) in [6.07, 6.45) is -9.96. The Morgan fingerprint density at radius 1 is 0.600 bits per heavy atom. The van der Waals surface area contributed by atoms with Crippen LogP contribution in [-0.4, -0.2) is 6.18 Å². The first-order valence-electron chi connectivity index (χ1n) is 12.7. The van der Waals surface area contributed by atoms with Gasteiger partial charge >= 0.3 is 12.3 Å². The first kappa shape index (κ1) is 31.4. The van der Waals surface area contributed by atoms with Crippen LogP contribution >= 0.6 is 0 Å². The Hall–Kier alpha value is -5.05. The zero-order valence-corrected chi connectivity index (χ0v) is 22.5. The van der Waals surface area contributed by atoms with Gasteiger partial charge in [0.2, 0.25) is 0 Å². The number of hydrogen-bond acceptors (Lipinski definition) is 1. The lowest BCUT2D eigenvalue weighted by molar-refractivity contribution is -0.189. The first-order chi connectivity index (χ1) is 21.0. The number of benzene rings is 5. The van der Waals surface area contributed by atoms with Gasteiger partial charge in [-0.15, -0.1) is 0 Å². The standard InChI is InChI=1S/C33H15F11O/c1-16-2-4-17(5-3-16)18-6-7-22(24(34)11-18)19-12-27(37)30(28(38)13-19)33(43,44)45-21-10-20-14-25(35)23(8-9-32(40,41)42)31(39)29(20)26(36)15-21/h2-7,10-15H,1H3. The van der Waals surface area contributed by atoms with Gasteiger partial charge in [-0.25, -0.2) is 26.3 Å². The largest absolute Gasteiger partial charge is 0.458 e. The minimum absolute atomic E-state index is 0.160. The third-order valence-electron chi connectivity index (χ3n) is 6.63. The predicted molar refractivity (Wildman–Crippen MR) is 143 cm³/mol. The molecule has 12 heteroatoms. The molecule has 0 spiro atoms. The zero-order valence-electron chi connectivity index (χ0n) is 22.5. The highest BCUT2D eigenvalue weighted by molar-refractivity contribution is 5.87. The Kier molecular flexibility index (Phi) is 7.99. The molecular weight excluding hydrogens is 621 g/mol. The molecule has 0 unspecified atom stereocenters. The van der Waals surface area contributed by atoms with Crippen molar-refractivity contribution in [2.45, 2.75) is 19.2 Å². The van der Waals surface area contributed by atoms with Crippen molar-refractivity contribution in [2.75, 3.05) is 0 Å². The van der Waals surface area contributed by atoms with Gasteiger partial charge in [0, 0.05) is 17.6 Å². The molecule has 0 heterocycles. The fourth-order valence-electron chi connectivity index (χ4n) is 4.57. The highest BCUT2D eigenvalue weighted by Gasteiger charge is 2.41. The molecule has 0 fully saturated rings. The van der Waals surface area contributed by atoms with Crippen LogP contribution in [0.3, 0.4) is 0 Å². The van der Waals surface area contributed by atoms with E-state index in [2.05, 4.69) is 4.74 Å². The maximum Gasteiger partial charge on any atom is 0.458 e. The smallest absolute Gasteiger partial charge is 0.429 e.